The Hall–Kier alpha value is -1.49. The van der Waals surface area contributed by atoms with E-state index in [0.717, 1.165) is 50.4 Å². The van der Waals surface area contributed by atoms with Gasteiger partial charge in [-0.15, -0.1) is 4.83 Å². The molecule has 0 unspecified atom stereocenters. The maximum Gasteiger partial charge on any atom is 0.303 e. The third kappa shape index (κ3) is 5.82. The smallest absolute Gasteiger partial charge is 0.303 e. The van der Waals surface area contributed by atoms with Crippen LogP contribution in [0.5, 0.6) is 0 Å². The topological polar surface area (TPSA) is 142 Å². The predicted octanol–water partition coefficient (Wildman–Crippen LogP) is 4.24. The van der Waals surface area contributed by atoms with Crippen molar-refractivity contribution >= 4 is 21.9 Å². The van der Waals surface area contributed by atoms with E-state index in [-0.39, 0.29) is 40.1 Å². The van der Waals surface area contributed by atoms with Crippen LogP contribution in [0.15, 0.2) is 11.1 Å². The van der Waals surface area contributed by atoms with Crippen molar-refractivity contribution in [2.24, 2.45) is 45.8 Å². The van der Waals surface area contributed by atoms with E-state index >= 15 is 0 Å². The number of hydrogen-bond donors (Lipinski definition) is 4. The maximum absolute atomic E-state index is 13.7. The third-order valence-corrected chi connectivity index (χ3v) is 12.7. The zero-order valence-corrected chi connectivity index (χ0v) is 27.6. The first-order valence-corrected chi connectivity index (χ1v) is 17.8. The first kappa shape index (κ1) is 33.4. The molecule has 0 spiro atoms. The van der Waals surface area contributed by atoms with Crippen LogP contribution in [0.2, 0.25) is 0 Å². The lowest BCUT2D eigenvalue weighted by Gasteiger charge is -2.69. The van der Waals surface area contributed by atoms with E-state index < -0.39 is 34.1 Å². The first-order valence-electron chi connectivity index (χ1n) is 15.9. The number of carbonyl (C=O) groups is 2. The monoisotopic (exact) mass is 610 g/mol. The number of carbonyl (C=O) groups excluding carboxylic acids is 2. The largest absolute Gasteiger partial charge is 0.458 e. The van der Waals surface area contributed by atoms with Crippen LogP contribution in [0.4, 0.5) is 0 Å². The zero-order chi connectivity index (χ0) is 31.4. The molecule has 4 rings (SSSR count). The summed E-state index contributed by atoms with van der Waals surface area (Å²) in [7, 11) is -3.69. The quantitative estimate of drug-likeness (QED) is 0.183. The maximum atomic E-state index is 13.7. The number of hydrazine groups is 1. The van der Waals surface area contributed by atoms with Crippen LogP contribution in [-0.2, 0) is 24.3 Å². The van der Waals surface area contributed by atoms with Gasteiger partial charge in [0.1, 0.15) is 6.10 Å². The molecule has 4 aliphatic rings. The molecular formula is C32H54N2O7S. The molecule has 0 aromatic carbocycles. The van der Waals surface area contributed by atoms with Crippen LogP contribution in [-0.4, -0.2) is 55.1 Å². The van der Waals surface area contributed by atoms with Gasteiger partial charge in [-0.1, -0.05) is 48.0 Å². The molecular weight excluding hydrogens is 556 g/mol. The van der Waals surface area contributed by atoms with E-state index in [1.807, 2.05) is 0 Å². The Morgan fingerprint density at radius 2 is 1.74 bits per heavy atom. The summed E-state index contributed by atoms with van der Waals surface area (Å²) >= 11 is 0. The molecule has 4 aliphatic carbocycles. The normalized spacial score (nSPS) is 42.8. The molecule has 0 aliphatic heterocycles. The van der Waals surface area contributed by atoms with E-state index in [1.54, 1.807) is 0 Å². The first-order chi connectivity index (χ1) is 19.4. The number of aliphatic hydroxyl groups excluding tert-OH is 2. The minimum absolute atomic E-state index is 0.00222. The second-order valence-corrected chi connectivity index (χ2v) is 16.9. The summed E-state index contributed by atoms with van der Waals surface area (Å²) in [5, 5.41) is 22.8. The van der Waals surface area contributed by atoms with Crippen molar-refractivity contribution in [3.63, 3.8) is 0 Å². The molecule has 0 aromatic heterocycles. The van der Waals surface area contributed by atoms with Gasteiger partial charge in [0, 0.05) is 12.5 Å². The third-order valence-electron chi connectivity index (χ3n) is 12.2. The molecule has 0 saturated heterocycles. The Bertz CT molecular complexity index is 1200. The van der Waals surface area contributed by atoms with Gasteiger partial charge in [-0.2, -0.15) is 0 Å². The summed E-state index contributed by atoms with van der Waals surface area (Å²) in [5.74, 6) is -0.260. The highest BCUT2D eigenvalue weighted by Crippen LogP contribution is 2.74. The summed E-state index contributed by atoms with van der Waals surface area (Å²) < 4.78 is 29.7. The van der Waals surface area contributed by atoms with Crippen LogP contribution in [0.3, 0.4) is 0 Å². The molecule has 240 valence electrons. The van der Waals surface area contributed by atoms with Crippen LogP contribution < -0.4 is 10.3 Å². The van der Waals surface area contributed by atoms with Crippen LogP contribution >= 0.6 is 0 Å². The van der Waals surface area contributed by atoms with E-state index in [0.29, 0.717) is 36.7 Å². The van der Waals surface area contributed by atoms with Gasteiger partial charge in [0.15, 0.2) is 0 Å². The number of amides is 1. The lowest BCUT2D eigenvalue weighted by molar-refractivity contribution is -0.234. The molecule has 0 aromatic rings. The fourth-order valence-electron chi connectivity index (χ4n) is 10.2. The zero-order valence-electron chi connectivity index (χ0n) is 26.8. The van der Waals surface area contributed by atoms with Crippen molar-refractivity contribution in [3.05, 3.63) is 11.1 Å². The van der Waals surface area contributed by atoms with E-state index in [2.05, 4.69) is 51.8 Å². The van der Waals surface area contributed by atoms with Crippen molar-refractivity contribution in [1.82, 2.24) is 10.3 Å². The molecule has 0 bridgehead atoms. The average Bonchev–Trinajstić information content (AvgIpc) is 3.13. The number of fused-ring (bicyclic) bond motifs is 5. The number of nitrogens with one attached hydrogen (secondary N) is 2. The second-order valence-electron chi connectivity index (χ2n) is 15.1. The minimum atomic E-state index is -3.69. The molecule has 42 heavy (non-hydrogen) atoms. The number of hydrogen-bond acceptors (Lipinski definition) is 7. The highest BCUT2D eigenvalue weighted by atomic mass is 32.2. The Morgan fingerprint density at radius 3 is 2.33 bits per heavy atom. The molecule has 4 N–H and O–H groups in total. The summed E-state index contributed by atoms with van der Waals surface area (Å²) in [6, 6.07) is 0. The van der Waals surface area contributed by atoms with Gasteiger partial charge in [0.05, 0.1) is 18.5 Å². The highest BCUT2D eigenvalue weighted by Gasteiger charge is 2.70. The number of sulfonamides is 1. The number of ether oxygens (including phenoxy) is 1. The van der Waals surface area contributed by atoms with Gasteiger partial charge in [-0.3, -0.25) is 15.0 Å². The fraction of sp³-hybridized carbons (Fsp3) is 0.875. The average molecular weight is 611 g/mol. The molecule has 0 radical (unpaired) electrons. The van der Waals surface area contributed by atoms with Gasteiger partial charge in [-0.25, -0.2) is 8.42 Å². The lowest BCUT2D eigenvalue weighted by atomic mass is 9.36. The molecule has 4 fully saturated rings. The number of aliphatic hydroxyl groups is 2. The van der Waals surface area contributed by atoms with Crippen molar-refractivity contribution < 1.29 is 33.0 Å². The van der Waals surface area contributed by atoms with E-state index in [1.165, 1.54) is 6.92 Å². The number of rotatable bonds is 8. The van der Waals surface area contributed by atoms with Gasteiger partial charge < -0.3 is 14.9 Å². The molecule has 10 atom stereocenters. The Morgan fingerprint density at radius 1 is 1.07 bits per heavy atom. The molecule has 4 saturated carbocycles. The molecule has 0 heterocycles. The Kier molecular flexibility index (Phi) is 9.37. The van der Waals surface area contributed by atoms with Gasteiger partial charge in [0.2, 0.25) is 10.0 Å². The molecule has 1 amide bonds. The number of esters is 1. The standard InChI is InChI=1S/C32H54N2O7S/c1-18(2)10-9-11-21(29(38)33-34-42(8,39)40)27-23-16-25(37)28-30(5)14-13-24(36)19(3)22(30)12-15-31(28,6)32(23,7)17-26(27)41-20(4)35/h18-19,22-26,28,34,36-37H,9-17H2,1-8H3,(H,33,38)/b27-21-/t19-,22-,23-,24+,25+,26-,28-,30-,31-,32-/m0/s1. The van der Waals surface area contributed by atoms with Crippen LogP contribution in [0.1, 0.15) is 106 Å². The Labute approximate surface area is 252 Å². The van der Waals surface area contributed by atoms with E-state index in [9.17, 15) is 28.2 Å². The van der Waals surface area contributed by atoms with Crippen molar-refractivity contribution in [2.75, 3.05) is 6.26 Å². The molecule has 9 nitrogen and oxygen atoms in total. The van der Waals surface area contributed by atoms with Gasteiger partial charge >= 0.3 is 5.97 Å². The van der Waals surface area contributed by atoms with Crippen LogP contribution in [0.25, 0.3) is 0 Å². The summed E-state index contributed by atoms with van der Waals surface area (Å²) in [6.07, 6.45) is 5.84. The molecule has 10 heteroatoms. The summed E-state index contributed by atoms with van der Waals surface area (Å²) in [6.45, 7) is 14.6. The van der Waals surface area contributed by atoms with Crippen molar-refractivity contribution in [2.45, 2.75) is 125 Å². The predicted molar refractivity (Wildman–Crippen MR) is 161 cm³/mol. The summed E-state index contributed by atoms with van der Waals surface area (Å²) in [5.41, 5.74) is 2.77. The summed E-state index contributed by atoms with van der Waals surface area (Å²) in [4.78, 5) is 28.2. The lowest BCUT2D eigenvalue weighted by Crippen LogP contribution is -2.65. The Balaban J connectivity index is 1.83. The fourth-order valence-corrected chi connectivity index (χ4v) is 10.5. The van der Waals surface area contributed by atoms with E-state index in [4.69, 9.17) is 4.74 Å². The minimum Gasteiger partial charge on any atom is -0.458 e. The highest BCUT2D eigenvalue weighted by molar-refractivity contribution is 7.88. The van der Waals surface area contributed by atoms with Gasteiger partial charge in [-0.05, 0) is 103 Å². The van der Waals surface area contributed by atoms with Crippen molar-refractivity contribution in [3.8, 4) is 0 Å². The SMILES string of the molecule is CC(=O)O[C@H]1C[C@@]2(C)[C@@H](C[C@@H](O)[C@H]3[C@@]4(C)CC[C@@H](O)[C@@H](C)[C@@H]4CC[C@@]32C)/C1=C(\CCCC(C)C)C(=O)NNS(C)(=O)=O. The van der Waals surface area contributed by atoms with Gasteiger partial charge in [0.25, 0.3) is 5.91 Å². The van der Waals surface area contributed by atoms with Crippen molar-refractivity contribution in [1.29, 1.82) is 0 Å². The van der Waals surface area contributed by atoms with Crippen LogP contribution in [0, 0.1) is 45.8 Å². The second kappa shape index (κ2) is 11.8.